The first-order chi connectivity index (χ1) is 7.50. The molecule has 0 fully saturated rings. The largest absolute Gasteiger partial charge is 0.508 e. The Morgan fingerprint density at radius 2 is 1.62 bits per heavy atom. The highest BCUT2D eigenvalue weighted by atomic mass is 16.8. The van der Waals surface area contributed by atoms with Gasteiger partial charge in [-0.25, -0.2) is 20.2 Å². The van der Waals surface area contributed by atoms with E-state index < -0.39 is 10.1 Å². The Morgan fingerprint density at radius 1 is 1.12 bits per heavy atom. The Hall–Kier alpha value is -2.38. The molecule has 0 unspecified atom stereocenters. The van der Waals surface area contributed by atoms with Crippen molar-refractivity contribution >= 4 is 0 Å². The summed E-state index contributed by atoms with van der Waals surface area (Å²) in [6, 6.07) is 5.93. The van der Waals surface area contributed by atoms with Gasteiger partial charge in [-0.2, -0.15) is 0 Å². The Morgan fingerprint density at radius 3 is 2.06 bits per heavy atom. The molecule has 0 atom stereocenters. The maximum Gasteiger partial charge on any atom is 0.222 e. The monoisotopic (exact) mass is 227 g/mol. The molecule has 8 heteroatoms. The van der Waals surface area contributed by atoms with Gasteiger partial charge in [0.1, 0.15) is 5.75 Å². The smallest absolute Gasteiger partial charge is 0.222 e. The van der Waals surface area contributed by atoms with Gasteiger partial charge in [0, 0.05) is 6.42 Å². The number of hydrogen-bond acceptors (Lipinski definition) is 5. The minimum atomic E-state index is -1.07. The molecule has 0 aromatic heterocycles. The van der Waals surface area contributed by atoms with Crippen LogP contribution in [0.1, 0.15) is 5.56 Å². The van der Waals surface area contributed by atoms with Crippen LogP contribution in [-0.4, -0.2) is 26.8 Å². The fraction of sp³-hybridized carbons (Fsp3) is 0.250. The van der Waals surface area contributed by atoms with Crippen LogP contribution in [0, 0.1) is 20.2 Å². The molecule has 0 amide bonds. The Labute approximate surface area is 90.0 Å². The van der Waals surface area contributed by atoms with E-state index >= 15 is 0 Å². The van der Waals surface area contributed by atoms with E-state index in [4.69, 9.17) is 5.11 Å². The van der Waals surface area contributed by atoms with E-state index in [-0.39, 0.29) is 23.8 Å². The van der Waals surface area contributed by atoms with E-state index in [1.165, 1.54) is 12.1 Å². The van der Waals surface area contributed by atoms with Crippen molar-refractivity contribution < 1.29 is 15.2 Å². The number of phenolic OH excluding ortho intramolecular Hbond substituents is 1. The summed E-state index contributed by atoms with van der Waals surface area (Å²) in [6.45, 7) is -0.329. The van der Waals surface area contributed by atoms with Crippen molar-refractivity contribution in [1.82, 2.24) is 5.12 Å². The highest BCUT2D eigenvalue weighted by Gasteiger charge is 2.25. The lowest BCUT2D eigenvalue weighted by Gasteiger charge is -2.03. The number of rotatable bonds is 5. The molecule has 1 rings (SSSR count). The number of nitrogens with zero attached hydrogens (tertiary/aromatic N) is 3. The predicted octanol–water partition coefficient (Wildman–Crippen LogP) is 0.620. The van der Waals surface area contributed by atoms with Crippen LogP contribution < -0.4 is 0 Å². The second-order valence-electron chi connectivity index (χ2n) is 2.99. The summed E-state index contributed by atoms with van der Waals surface area (Å²) in [5.74, 6) is 0.0733. The molecule has 0 radical (unpaired) electrons. The fourth-order valence-electron chi connectivity index (χ4n) is 1.11. The zero-order valence-corrected chi connectivity index (χ0v) is 8.15. The Kier molecular flexibility index (Phi) is 3.59. The van der Waals surface area contributed by atoms with Gasteiger partial charge >= 0.3 is 0 Å². The average molecular weight is 227 g/mol. The molecule has 16 heavy (non-hydrogen) atoms. The summed E-state index contributed by atoms with van der Waals surface area (Å²) < 4.78 is 0. The summed E-state index contributed by atoms with van der Waals surface area (Å²) in [5, 5.41) is 27.3. The summed E-state index contributed by atoms with van der Waals surface area (Å²) in [7, 11) is 0. The molecule has 0 spiro atoms. The standard InChI is InChI=1S/C8H9N3O5/c12-8-3-1-7(2-4-8)5-6-9(10(13)14)11(15)16/h1-4,12H,5-6H2. The maximum atomic E-state index is 10.3. The summed E-state index contributed by atoms with van der Waals surface area (Å²) >= 11 is 0. The highest BCUT2D eigenvalue weighted by molar-refractivity contribution is 5.25. The number of nitro groups is 2. The first-order valence-electron chi connectivity index (χ1n) is 4.35. The maximum absolute atomic E-state index is 10.3. The van der Waals surface area contributed by atoms with E-state index in [0.717, 1.165) is 0 Å². The van der Waals surface area contributed by atoms with E-state index in [1.54, 1.807) is 12.1 Å². The van der Waals surface area contributed by atoms with Gasteiger partial charge in [-0.05, 0) is 17.7 Å². The Balaban J connectivity index is 2.59. The summed E-state index contributed by atoms with van der Waals surface area (Å²) in [6.07, 6.45) is 0.155. The van der Waals surface area contributed by atoms with Crippen molar-refractivity contribution in [1.29, 1.82) is 0 Å². The quantitative estimate of drug-likeness (QED) is 0.583. The molecule has 0 aliphatic carbocycles. The first-order valence-corrected chi connectivity index (χ1v) is 4.35. The minimum absolute atomic E-state index is 0.0733. The van der Waals surface area contributed by atoms with Crippen LogP contribution in [0.3, 0.4) is 0 Å². The molecule has 1 aromatic rings. The third-order valence-corrected chi connectivity index (χ3v) is 1.91. The molecule has 0 aliphatic heterocycles. The number of hydrazine groups is 2. The lowest BCUT2D eigenvalue weighted by molar-refractivity contribution is -0.907. The average Bonchev–Trinajstić information content (AvgIpc) is 2.20. The fourth-order valence-corrected chi connectivity index (χ4v) is 1.11. The van der Waals surface area contributed by atoms with Crippen molar-refractivity contribution in [2.45, 2.75) is 6.42 Å². The SMILES string of the molecule is O=[N+]([O-])N(CCc1ccc(O)cc1)[N+](=O)[O-]. The van der Waals surface area contributed by atoms with Crippen LogP contribution in [0.15, 0.2) is 24.3 Å². The van der Waals surface area contributed by atoms with Crippen LogP contribution in [0.4, 0.5) is 0 Å². The molecule has 0 heterocycles. The molecule has 0 bridgehead atoms. The van der Waals surface area contributed by atoms with Crippen molar-refractivity contribution in [3.63, 3.8) is 0 Å². The van der Waals surface area contributed by atoms with Gasteiger partial charge in [0.15, 0.2) is 11.7 Å². The van der Waals surface area contributed by atoms with Crippen molar-refractivity contribution in [2.24, 2.45) is 0 Å². The number of hydrogen-bond donors (Lipinski definition) is 1. The predicted molar refractivity (Wildman–Crippen MR) is 52.5 cm³/mol. The van der Waals surface area contributed by atoms with Crippen molar-refractivity contribution in [3.05, 3.63) is 50.1 Å². The molecular weight excluding hydrogens is 218 g/mol. The van der Waals surface area contributed by atoms with Crippen molar-refractivity contribution in [3.8, 4) is 5.75 Å². The van der Waals surface area contributed by atoms with Gasteiger partial charge in [-0.15, -0.1) is 0 Å². The van der Waals surface area contributed by atoms with E-state index in [2.05, 4.69) is 0 Å². The number of aromatic hydroxyl groups is 1. The van der Waals surface area contributed by atoms with E-state index in [1.807, 2.05) is 0 Å². The Bertz CT molecular complexity index is 377. The second-order valence-corrected chi connectivity index (χ2v) is 2.99. The van der Waals surface area contributed by atoms with Gasteiger partial charge in [-0.3, -0.25) is 0 Å². The van der Waals surface area contributed by atoms with Gasteiger partial charge in [-0.1, -0.05) is 12.1 Å². The molecule has 8 nitrogen and oxygen atoms in total. The number of benzene rings is 1. The van der Waals surface area contributed by atoms with Crippen LogP contribution in [-0.2, 0) is 6.42 Å². The topological polar surface area (TPSA) is 110 Å². The van der Waals surface area contributed by atoms with Gasteiger partial charge in [0.25, 0.3) is 0 Å². The molecular formula is C8H9N3O5. The molecule has 86 valence electrons. The first kappa shape index (κ1) is 11.7. The zero-order chi connectivity index (χ0) is 12.1. The normalized spacial score (nSPS) is 9.75. The lowest BCUT2D eigenvalue weighted by Crippen LogP contribution is -2.37. The summed E-state index contributed by atoms with van der Waals surface area (Å²) in [5.41, 5.74) is 0.673. The van der Waals surface area contributed by atoms with Crippen LogP contribution in [0.5, 0.6) is 5.75 Å². The molecule has 0 saturated carbocycles. The van der Waals surface area contributed by atoms with E-state index in [9.17, 15) is 20.2 Å². The number of phenols is 1. The molecule has 1 aromatic carbocycles. The lowest BCUT2D eigenvalue weighted by atomic mass is 10.1. The van der Waals surface area contributed by atoms with Gasteiger partial charge in [0.2, 0.25) is 10.1 Å². The third kappa shape index (κ3) is 3.08. The molecule has 0 saturated heterocycles. The summed E-state index contributed by atoms with van der Waals surface area (Å²) in [4.78, 5) is 20.5. The van der Waals surface area contributed by atoms with Crippen molar-refractivity contribution in [2.75, 3.05) is 6.54 Å². The molecule has 1 N–H and O–H groups in total. The van der Waals surface area contributed by atoms with Crippen LogP contribution in [0.2, 0.25) is 0 Å². The van der Waals surface area contributed by atoms with Gasteiger partial charge < -0.3 is 5.11 Å². The van der Waals surface area contributed by atoms with Gasteiger partial charge in [0.05, 0.1) is 0 Å². The highest BCUT2D eigenvalue weighted by Crippen LogP contribution is 2.10. The zero-order valence-electron chi connectivity index (χ0n) is 8.15. The van der Waals surface area contributed by atoms with Crippen LogP contribution >= 0.6 is 0 Å². The molecule has 0 aliphatic rings. The minimum Gasteiger partial charge on any atom is -0.508 e. The van der Waals surface area contributed by atoms with E-state index in [0.29, 0.717) is 5.56 Å². The van der Waals surface area contributed by atoms with Crippen LogP contribution in [0.25, 0.3) is 0 Å². The third-order valence-electron chi connectivity index (χ3n) is 1.91. The second kappa shape index (κ2) is 4.91.